The Morgan fingerprint density at radius 3 is 2.60 bits per heavy atom. The molecule has 0 unspecified atom stereocenters. The summed E-state index contributed by atoms with van der Waals surface area (Å²) < 4.78 is 39.3. The smallest absolute Gasteiger partial charge is 0.384 e. The van der Waals surface area contributed by atoms with Crippen LogP contribution in [0.2, 0.25) is 0 Å². The maximum Gasteiger partial charge on any atom is 0.418 e. The van der Waals surface area contributed by atoms with Crippen molar-refractivity contribution in [2.75, 3.05) is 18.9 Å². The van der Waals surface area contributed by atoms with Gasteiger partial charge < -0.3 is 10.6 Å². The zero-order valence-electron chi connectivity index (χ0n) is 13.4. The molecule has 7 heteroatoms. The zero-order valence-corrected chi connectivity index (χ0v) is 13.4. The van der Waals surface area contributed by atoms with Crippen LogP contribution in [0.4, 0.5) is 18.9 Å². The molecular weight excluding hydrogens is 331 g/mol. The lowest BCUT2D eigenvalue weighted by molar-refractivity contribution is -0.137. The number of carbonyl (C=O) groups is 1. The highest BCUT2D eigenvalue weighted by atomic mass is 19.4. The van der Waals surface area contributed by atoms with Crippen LogP contribution in [0.15, 0.2) is 42.5 Å². The van der Waals surface area contributed by atoms with E-state index in [-0.39, 0.29) is 23.7 Å². The third-order valence-electron chi connectivity index (χ3n) is 3.60. The topological polar surface area (TPSA) is 64.9 Å². The summed E-state index contributed by atoms with van der Waals surface area (Å²) in [6, 6.07) is 12.0. The molecule has 0 atom stereocenters. The monoisotopic (exact) mass is 347 g/mol. The van der Waals surface area contributed by atoms with E-state index < -0.39 is 11.7 Å². The van der Waals surface area contributed by atoms with Crippen molar-refractivity contribution in [3.8, 4) is 6.07 Å². The van der Waals surface area contributed by atoms with Crippen molar-refractivity contribution in [3.05, 3.63) is 64.7 Å². The number of carbonyl (C=O) groups excluding carboxylic acids is 1. The zero-order chi connectivity index (χ0) is 18.4. The van der Waals surface area contributed by atoms with E-state index in [0.29, 0.717) is 12.0 Å². The number of nitrogens with one attached hydrogen (secondary N) is 2. The van der Waals surface area contributed by atoms with Gasteiger partial charge in [-0.05, 0) is 42.3 Å². The predicted molar refractivity (Wildman–Crippen MR) is 88.2 cm³/mol. The fraction of sp³-hybridized carbons (Fsp3) is 0.222. The summed E-state index contributed by atoms with van der Waals surface area (Å²) in [6.07, 6.45) is -4.10. The first-order valence-electron chi connectivity index (χ1n) is 7.51. The molecule has 0 saturated heterocycles. The van der Waals surface area contributed by atoms with Crippen molar-refractivity contribution in [2.45, 2.75) is 12.6 Å². The van der Waals surface area contributed by atoms with Gasteiger partial charge in [0.15, 0.2) is 0 Å². The Morgan fingerprint density at radius 1 is 1.20 bits per heavy atom. The highest BCUT2D eigenvalue weighted by Gasteiger charge is 2.33. The normalized spacial score (nSPS) is 10.8. The van der Waals surface area contributed by atoms with Gasteiger partial charge in [-0.1, -0.05) is 12.1 Å². The molecule has 130 valence electrons. The van der Waals surface area contributed by atoms with Gasteiger partial charge in [-0.25, -0.2) is 0 Å². The van der Waals surface area contributed by atoms with Gasteiger partial charge in [-0.15, -0.1) is 0 Å². The lowest BCUT2D eigenvalue weighted by Crippen LogP contribution is -2.18. The van der Waals surface area contributed by atoms with Gasteiger partial charge >= 0.3 is 6.18 Å². The van der Waals surface area contributed by atoms with Crippen LogP contribution in [0.1, 0.15) is 27.0 Å². The van der Waals surface area contributed by atoms with Crippen LogP contribution in [-0.2, 0) is 12.6 Å². The first kappa shape index (κ1) is 18.3. The van der Waals surface area contributed by atoms with Crippen LogP contribution in [0.5, 0.6) is 0 Å². The molecule has 0 spiro atoms. The molecule has 2 aromatic carbocycles. The van der Waals surface area contributed by atoms with Crippen molar-refractivity contribution in [1.82, 2.24) is 5.32 Å². The second-order valence-electron chi connectivity index (χ2n) is 5.33. The number of amides is 1. The van der Waals surface area contributed by atoms with Gasteiger partial charge in [0.1, 0.15) is 0 Å². The molecule has 0 saturated carbocycles. The molecule has 0 aliphatic heterocycles. The average molecular weight is 347 g/mol. The summed E-state index contributed by atoms with van der Waals surface area (Å²) >= 11 is 0. The Kier molecular flexibility index (Phi) is 5.65. The number of anilines is 1. The second kappa shape index (κ2) is 7.71. The van der Waals surface area contributed by atoms with Gasteiger partial charge in [-0.3, -0.25) is 4.79 Å². The molecule has 0 bridgehead atoms. The van der Waals surface area contributed by atoms with E-state index in [0.717, 1.165) is 11.6 Å². The lowest BCUT2D eigenvalue weighted by Gasteiger charge is -2.15. The summed E-state index contributed by atoms with van der Waals surface area (Å²) in [5.41, 5.74) is 0.334. The van der Waals surface area contributed by atoms with E-state index in [2.05, 4.69) is 10.6 Å². The Hall–Kier alpha value is -3.01. The van der Waals surface area contributed by atoms with E-state index in [1.807, 2.05) is 0 Å². The molecule has 0 fully saturated rings. The number of nitriles is 1. The summed E-state index contributed by atoms with van der Waals surface area (Å²) in [4.78, 5) is 11.6. The largest absolute Gasteiger partial charge is 0.418 e. The van der Waals surface area contributed by atoms with E-state index >= 15 is 0 Å². The van der Waals surface area contributed by atoms with E-state index in [1.165, 1.54) is 19.2 Å². The van der Waals surface area contributed by atoms with Gasteiger partial charge in [0.2, 0.25) is 0 Å². The van der Waals surface area contributed by atoms with Crippen molar-refractivity contribution < 1.29 is 18.0 Å². The average Bonchev–Trinajstić information content (AvgIpc) is 2.60. The first-order chi connectivity index (χ1) is 11.8. The van der Waals surface area contributed by atoms with Crippen LogP contribution in [0, 0.1) is 11.3 Å². The molecule has 4 nitrogen and oxygen atoms in total. The van der Waals surface area contributed by atoms with E-state index in [1.54, 1.807) is 30.3 Å². The number of hydrogen-bond acceptors (Lipinski definition) is 3. The van der Waals surface area contributed by atoms with Crippen LogP contribution < -0.4 is 10.6 Å². The van der Waals surface area contributed by atoms with Crippen LogP contribution >= 0.6 is 0 Å². The summed E-state index contributed by atoms with van der Waals surface area (Å²) in [5.74, 6) is -0.221. The first-order valence-corrected chi connectivity index (χ1v) is 7.51. The van der Waals surface area contributed by atoms with Crippen molar-refractivity contribution in [2.24, 2.45) is 0 Å². The predicted octanol–water partition coefficient (Wildman–Crippen LogP) is 3.59. The second-order valence-corrected chi connectivity index (χ2v) is 5.33. The Morgan fingerprint density at radius 2 is 1.96 bits per heavy atom. The summed E-state index contributed by atoms with van der Waals surface area (Å²) in [7, 11) is 1.53. The summed E-state index contributed by atoms with van der Waals surface area (Å²) in [6.45, 7) is 0.256. The van der Waals surface area contributed by atoms with Crippen molar-refractivity contribution in [1.29, 1.82) is 5.26 Å². The minimum Gasteiger partial charge on any atom is -0.384 e. The number of benzene rings is 2. The van der Waals surface area contributed by atoms with Crippen molar-refractivity contribution >= 4 is 11.6 Å². The highest BCUT2D eigenvalue weighted by molar-refractivity contribution is 5.94. The molecule has 0 radical (unpaired) electrons. The SMILES string of the molecule is CNC(=O)c1cccc(CCNc2ccc(C#N)cc2C(F)(F)F)c1. The van der Waals surface area contributed by atoms with Crippen LogP contribution in [0.25, 0.3) is 0 Å². The van der Waals surface area contributed by atoms with Gasteiger partial charge in [0, 0.05) is 24.8 Å². The number of nitrogens with zero attached hydrogens (tertiary/aromatic N) is 1. The van der Waals surface area contributed by atoms with Gasteiger partial charge in [0.25, 0.3) is 5.91 Å². The fourth-order valence-electron chi connectivity index (χ4n) is 2.36. The Balaban J connectivity index is 2.10. The lowest BCUT2D eigenvalue weighted by atomic mass is 10.1. The van der Waals surface area contributed by atoms with Crippen molar-refractivity contribution in [3.63, 3.8) is 0 Å². The van der Waals surface area contributed by atoms with Gasteiger partial charge in [0.05, 0.1) is 17.2 Å². The quantitative estimate of drug-likeness (QED) is 0.869. The number of rotatable bonds is 5. The third-order valence-corrected chi connectivity index (χ3v) is 3.60. The molecule has 2 rings (SSSR count). The van der Waals surface area contributed by atoms with Crippen LogP contribution in [-0.4, -0.2) is 19.5 Å². The number of halogens is 3. The van der Waals surface area contributed by atoms with Crippen LogP contribution in [0.3, 0.4) is 0 Å². The molecule has 0 aromatic heterocycles. The summed E-state index contributed by atoms with van der Waals surface area (Å²) in [5, 5.41) is 14.0. The third kappa shape index (κ3) is 4.73. The minimum absolute atomic E-state index is 0.0452. The number of hydrogen-bond donors (Lipinski definition) is 2. The molecule has 2 aromatic rings. The molecule has 25 heavy (non-hydrogen) atoms. The molecule has 2 N–H and O–H groups in total. The van der Waals surface area contributed by atoms with E-state index in [4.69, 9.17) is 5.26 Å². The molecule has 0 aliphatic carbocycles. The standard InChI is InChI=1S/C18H16F3N3O/c1-23-17(25)14-4-2-3-12(9-14)7-8-24-16-6-5-13(11-22)10-15(16)18(19,20)21/h2-6,9-10,24H,7-8H2,1H3,(H,23,25). The Bertz CT molecular complexity index is 810. The minimum atomic E-state index is -4.55. The molecule has 0 aliphatic rings. The number of alkyl halides is 3. The highest BCUT2D eigenvalue weighted by Crippen LogP contribution is 2.35. The maximum absolute atomic E-state index is 13.1. The molecular formula is C18H16F3N3O. The molecule has 0 heterocycles. The van der Waals surface area contributed by atoms with E-state index in [9.17, 15) is 18.0 Å². The Labute approximate surface area is 143 Å². The van der Waals surface area contributed by atoms with Gasteiger partial charge in [-0.2, -0.15) is 18.4 Å². The fourth-order valence-corrected chi connectivity index (χ4v) is 2.36. The maximum atomic E-state index is 13.1. The molecule has 1 amide bonds.